The zero-order chi connectivity index (χ0) is 18.1. The molecule has 0 spiro atoms. The van der Waals surface area contributed by atoms with E-state index in [1.165, 1.54) is 0 Å². The van der Waals surface area contributed by atoms with Gasteiger partial charge in [0.05, 0.1) is 28.1 Å². The quantitative estimate of drug-likeness (QED) is 0.839. The van der Waals surface area contributed by atoms with Gasteiger partial charge >= 0.3 is 6.18 Å². The SMILES string of the molecule is CC(C)CNC(=O)C1CC1C(=O)Nc1cc(C(F)(F)F)ccc1Cl. The van der Waals surface area contributed by atoms with Crippen LogP contribution in [0.2, 0.25) is 5.02 Å². The number of carbonyl (C=O) groups excluding carboxylic acids is 2. The van der Waals surface area contributed by atoms with E-state index in [1.807, 2.05) is 13.8 Å². The molecule has 2 N–H and O–H groups in total. The van der Waals surface area contributed by atoms with Crippen molar-refractivity contribution in [3.05, 3.63) is 28.8 Å². The predicted molar refractivity (Wildman–Crippen MR) is 84.5 cm³/mol. The summed E-state index contributed by atoms with van der Waals surface area (Å²) in [5.41, 5.74) is -1.01. The molecule has 0 aliphatic heterocycles. The number of hydrogen-bond acceptors (Lipinski definition) is 2. The van der Waals surface area contributed by atoms with E-state index < -0.39 is 29.5 Å². The van der Waals surface area contributed by atoms with Crippen LogP contribution in [0.15, 0.2) is 18.2 Å². The van der Waals surface area contributed by atoms with E-state index in [1.54, 1.807) is 0 Å². The Labute approximate surface area is 142 Å². The summed E-state index contributed by atoms with van der Waals surface area (Å²) >= 11 is 5.84. The normalized spacial score (nSPS) is 20.0. The number of nitrogens with one attached hydrogen (secondary N) is 2. The minimum absolute atomic E-state index is 0.0119. The van der Waals surface area contributed by atoms with Gasteiger partial charge in [0.1, 0.15) is 0 Å². The van der Waals surface area contributed by atoms with E-state index in [2.05, 4.69) is 10.6 Å². The first-order valence-corrected chi connectivity index (χ1v) is 7.92. The molecular weight excluding hydrogens is 345 g/mol. The van der Waals surface area contributed by atoms with Crippen molar-refractivity contribution < 1.29 is 22.8 Å². The second kappa shape index (κ2) is 7.01. The molecule has 4 nitrogen and oxygen atoms in total. The average Bonchev–Trinajstić information content (AvgIpc) is 3.26. The summed E-state index contributed by atoms with van der Waals surface area (Å²) < 4.78 is 38.2. The van der Waals surface area contributed by atoms with E-state index in [9.17, 15) is 22.8 Å². The van der Waals surface area contributed by atoms with E-state index >= 15 is 0 Å². The number of anilines is 1. The number of hydrogen-bond donors (Lipinski definition) is 2. The van der Waals surface area contributed by atoms with E-state index in [-0.39, 0.29) is 16.6 Å². The second-order valence-corrected chi connectivity index (χ2v) is 6.68. The Bertz CT molecular complexity index is 647. The van der Waals surface area contributed by atoms with Gasteiger partial charge in [-0.2, -0.15) is 13.2 Å². The lowest BCUT2D eigenvalue weighted by Crippen LogP contribution is -2.30. The van der Waals surface area contributed by atoms with Gasteiger partial charge < -0.3 is 10.6 Å². The molecule has 1 saturated carbocycles. The molecule has 2 rings (SSSR count). The molecular formula is C16H18ClF3N2O2. The van der Waals surface area contributed by atoms with Gasteiger partial charge in [-0.25, -0.2) is 0 Å². The fraction of sp³-hybridized carbons (Fsp3) is 0.500. The fourth-order valence-corrected chi connectivity index (χ4v) is 2.40. The van der Waals surface area contributed by atoms with Gasteiger partial charge in [-0.1, -0.05) is 25.4 Å². The van der Waals surface area contributed by atoms with Crippen molar-refractivity contribution >= 4 is 29.1 Å². The van der Waals surface area contributed by atoms with Crippen LogP contribution in [0.5, 0.6) is 0 Å². The van der Waals surface area contributed by atoms with Crippen molar-refractivity contribution in [3.8, 4) is 0 Å². The summed E-state index contributed by atoms with van der Waals surface area (Å²) in [6, 6.07) is 2.72. The molecule has 1 aromatic rings. The number of carbonyl (C=O) groups is 2. The fourth-order valence-electron chi connectivity index (χ4n) is 2.23. The highest BCUT2D eigenvalue weighted by Crippen LogP contribution is 2.40. The highest BCUT2D eigenvalue weighted by atomic mass is 35.5. The van der Waals surface area contributed by atoms with Crippen molar-refractivity contribution in [2.24, 2.45) is 17.8 Å². The summed E-state index contributed by atoms with van der Waals surface area (Å²) in [7, 11) is 0. The maximum absolute atomic E-state index is 12.7. The van der Waals surface area contributed by atoms with Crippen LogP contribution in [-0.2, 0) is 15.8 Å². The molecule has 8 heteroatoms. The molecule has 1 fully saturated rings. The zero-order valence-corrected chi connectivity index (χ0v) is 14.0. The van der Waals surface area contributed by atoms with Crippen LogP contribution in [-0.4, -0.2) is 18.4 Å². The van der Waals surface area contributed by atoms with Gasteiger partial charge in [-0.15, -0.1) is 0 Å². The summed E-state index contributed by atoms with van der Waals surface area (Å²) in [4.78, 5) is 24.0. The van der Waals surface area contributed by atoms with Crippen LogP contribution >= 0.6 is 11.6 Å². The molecule has 0 radical (unpaired) electrons. The van der Waals surface area contributed by atoms with E-state index in [4.69, 9.17) is 11.6 Å². The molecule has 0 saturated heterocycles. The van der Waals surface area contributed by atoms with E-state index in [0.717, 1.165) is 18.2 Å². The lowest BCUT2D eigenvalue weighted by atomic mass is 10.2. The Morgan fingerprint density at radius 3 is 2.46 bits per heavy atom. The smallest absolute Gasteiger partial charge is 0.356 e. The van der Waals surface area contributed by atoms with Crippen molar-refractivity contribution in [3.63, 3.8) is 0 Å². The first-order valence-electron chi connectivity index (χ1n) is 7.55. The molecule has 0 bridgehead atoms. The van der Waals surface area contributed by atoms with Gasteiger partial charge in [0.15, 0.2) is 0 Å². The van der Waals surface area contributed by atoms with Gasteiger partial charge in [0, 0.05) is 6.54 Å². The molecule has 132 valence electrons. The molecule has 1 aliphatic rings. The Morgan fingerprint density at radius 2 is 1.88 bits per heavy atom. The minimum Gasteiger partial charge on any atom is -0.356 e. The second-order valence-electron chi connectivity index (χ2n) is 6.27. The first-order chi connectivity index (χ1) is 11.1. The van der Waals surface area contributed by atoms with Crippen LogP contribution in [0, 0.1) is 17.8 Å². The third-order valence-electron chi connectivity index (χ3n) is 3.70. The third kappa shape index (κ3) is 4.63. The third-order valence-corrected chi connectivity index (χ3v) is 4.03. The van der Waals surface area contributed by atoms with Gasteiger partial charge in [0.25, 0.3) is 0 Å². The number of amides is 2. The van der Waals surface area contributed by atoms with Crippen molar-refractivity contribution in [1.29, 1.82) is 0 Å². The predicted octanol–water partition coefficient (Wildman–Crippen LogP) is 3.71. The van der Waals surface area contributed by atoms with Crippen LogP contribution in [0.25, 0.3) is 0 Å². The molecule has 2 atom stereocenters. The topological polar surface area (TPSA) is 58.2 Å². The van der Waals surface area contributed by atoms with Crippen LogP contribution < -0.4 is 10.6 Å². The maximum Gasteiger partial charge on any atom is 0.416 e. The molecule has 0 heterocycles. The number of halogens is 4. The van der Waals surface area contributed by atoms with Crippen LogP contribution in [0.3, 0.4) is 0 Å². The number of rotatable bonds is 5. The molecule has 2 unspecified atom stereocenters. The molecule has 2 amide bonds. The summed E-state index contributed by atoms with van der Waals surface area (Å²) in [6.07, 6.45) is -4.14. The van der Waals surface area contributed by atoms with Crippen LogP contribution in [0.4, 0.5) is 18.9 Å². The first kappa shape index (κ1) is 18.6. The maximum atomic E-state index is 12.7. The van der Waals surface area contributed by atoms with E-state index in [0.29, 0.717) is 18.9 Å². The van der Waals surface area contributed by atoms with Gasteiger partial charge in [0.2, 0.25) is 11.8 Å². The molecule has 1 aliphatic carbocycles. The highest BCUT2D eigenvalue weighted by molar-refractivity contribution is 6.33. The summed E-state index contributed by atoms with van der Waals surface area (Å²) in [5, 5.41) is 5.13. The van der Waals surface area contributed by atoms with Gasteiger partial charge in [-0.3, -0.25) is 9.59 Å². The van der Waals surface area contributed by atoms with Crippen molar-refractivity contribution in [2.45, 2.75) is 26.4 Å². The van der Waals surface area contributed by atoms with Crippen molar-refractivity contribution in [1.82, 2.24) is 5.32 Å². The Balaban J connectivity index is 1.98. The largest absolute Gasteiger partial charge is 0.416 e. The highest BCUT2D eigenvalue weighted by Gasteiger charge is 2.48. The Hall–Kier alpha value is -1.76. The number of benzene rings is 1. The lowest BCUT2D eigenvalue weighted by Gasteiger charge is -2.12. The Kier molecular flexibility index (Phi) is 5.42. The molecule has 1 aromatic carbocycles. The zero-order valence-electron chi connectivity index (χ0n) is 13.2. The average molecular weight is 363 g/mol. The standard InChI is InChI=1S/C16H18ClF3N2O2/c1-8(2)7-21-14(23)10-6-11(10)15(24)22-13-5-9(16(18,19)20)3-4-12(13)17/h3-5,8,10-11H,6-7H2,1-2H3,(H,21,23)(H,22,24). The summed E-state index contributed by atoms with van der Waals surface area (Å²) in [6.45, 7) is 4.42. The number of alkyl halides is 3. The minimum atomic E-state index is -4.52. The Morgan fingerprint density at radius 1 is 1.25 bits per heavy atom. The summed E-state index contributed by atoms with van der Waals surface area (Å²) in [5.74, 6) is -1.39. The molecule has 0 aromatic heterocycles. The van der Waals surface area contributed by atoms with Crippen LogP contribution in [0.1, 0.15) is 25.8 Å². The van der Waals surface area contributed by atoms with Gasteiger partial charge in [-0.05, 0) is 30.5 Å². The van der Waals surface area contributed by atoms with Crippen molar-refractivity contribution in [2.75, 3.05) is 11.9 Å². The lowest BCUT2D eigenvalue weighted by molar-refractivity contribution is -0.137. The molecule has 24 heavy (non-hydrogen) atoms. The monoisotopic (exact) mass is 362 g/mol.